The van der Waals surface area contributed by atoms with E-state index in [1.807, 2.05) is 0 Å². The molecule has 1 N–H and O–H groups in total. The zero-order valence-corrected chi connectivity index (χ0v) is 12.3. The Morgan fingerprint density at radius 3 is 2.41 bits per heavy atom. The van der Waals surface area contributed by atoms with Crippen LogP contribution < -0.4 is 10.1 Å². The minimum absolute atomic E-state index is 0. The average molecular weight is 258 g/mol. The van der Waals surface area contributed by atoms with Crippen LogP contribution in [0.2, 0.25) is 0 Å². The number of aryl methyl sites for hydroxylation is 1. The number of halogens is 1. The Labute approximate surface area is 111 Å². The Kier molecular flexibility index (Phi) is 6.58. The van der Waals surface area contributed by atoms with Crippen LogP contribution in [0, 0.1) is 12.3 Å². The molecule has 0 unspecified atom stereocenters. The largest absolute Gasteiger partial charge is 0.496 e. The number of rotatable bonds is 4. The first-order valence-corrected chi connectivity index (χ1v) is 5.76. The molecule has 2 nitrogen and oxygen atoms in total. The maximum absolute atomic E-state index is 5.31. The first-order valence-electron chi connectivity index (χ1n) is 5.76. The molecule has 0 bridgehead atoms. The molecule has 1 aromatic rings. The molecule has 0 saturated carbocycles. The normalized spacial score (nSPS) is 10.9. The fourth-order valence-electron chi connectivity index (χ4n) is 1.56. The fourth-order valence-corrected chi connectivity index (χ4v) is 1.56. The number of methoxy groups -OCH3 is 1. The van der Waals surface area contributed by atoms with Crippen LogP contribution in [0.1, 0.15) is 31.9 Å². The predicted molar refractivity (Wildman–Crippen MR) is 76.1 cm³/mol. The smallest absolute Gasteiger partial charge is 0.122 e. The second-order valence-corrected chi connectivity index (χ2v) is 5.47. The van der Waals surface area contributed by atoms with Crippen LogP contribution in [0.15, 0.2) is 18.2 Å². The van der Waals surface area contributed by atoms with Gasteiger partial charge in [-0.1, -0.05) is 32.9 Å². The molecular formula is C14H24ClNO. The van der Waals surface area contributed by atoms with Crippen LogP contribution in [0.4, 0.5) is 0 Å². The molecule has 0 heterocycles. The summed E-state index contributed by atoms with van der Waals surface area (Å²) in [5, 5.41) is 3.46. The molecule has 17 heavy (non-hydrogen) atoms. The molecule has 0 aliphatic rings. The van der Waals surface area contributed by atoms with Crippen LogP contribution in [0.25, 0.3) is 0 Å². The van der Waals surface area contributed by atoms with Gasteiger partial charge in [-0.3, -0.25) is 0 Å². The minimum Gasteiger partial charge on any atom is -0.496 e. The number of ether oxygens (including phenoxy) is 1. The van der Waals surface area contributed by atoms with Gasteiger partial charge in [0.15, 0.2) is 0 Å². The van der Waals surface area contributed by atoms with Crippen LogP contribution in [-0.4, -0.2) is 13.7 Å². The summed E-state index contributed by atoms with van der Waals surface area (Å²) in [7, 11) is 1.72. The molecule has 0 aliphatic heterocycles. The van der Waals surface area contributed by atoms with Gasteiger partial charge in [0.2, 0.25) is 0 Å². The van der Waals surface area contributed by atoms with Crippen molar-refractivity contribution in [2.24, 2.45) is 5.41 Å². The maximum atomic E-state index is 5.31. The number of nitrogens with one attached hydrogen (secondary N) is 1. The van der Waals surface area contributed by atoms with Gasteiger partial charge in [-0.25, -0.2) is 0 Å². The summed E-state index contributed by atoms with van der Waals surface area (Å²) >= 11 is 0. The van der Waals surface area contributed by atoms with E-state index in [2.05, 4.69) is 51.2 Å². The molecule has 0 fully saturated rings. The molecule has 1 rings (SSSR count). The van der Waals surface area contributed by atoms with Gasteiger partial charge in [0.25, 0.3) is 0 Å². The van der Waals surface area contributed by atoms with Gasteiger partial charge in [0, 0.05) is 13.1 Å². The Balaban J connectivity index is 0.00000256. The lowest BCUT2D eigenvalue weighted by atomic mass is 9.97. The predicted octanol–water partition coefficient (Wildman–Crippen LogP) is 3.56. The third-order valence-electron chi connectivity index (χ3n) is 2.46. The molecule has 1 aromatic carbocycles. The van der Waals surface area contributed by atoms with E-state index in [9.17, 15) is 0 Å². The van der Waals surface area contributed by atoms with Crippen molar-refractivity contribution in [2.75, 3.05) is 13.7 Å². The summed E-state index contributed by atoms with van der Waals surface area (Å²) in [5.74, 6) is 0.968. The van der Waals surface area contributed by atoms with E-state index >= 15 is 0 Å². The number of benzene rings is 1. The van der Waals surface area contributed by atoms with Gasteiger partial charge in [-0.05, 0) is 29.5 Å². The lowest BCUT2D eigenvalue weighted by molar-refractivity contribution is 0.378. The molecule has 0 spiro atoms. The van der Waals surface area contributed by atoms with Crippen LogP contribution in [0.3, 0.4) is 0 Å². The Bertz CT molecular complexity index is 345. The van der Waals surface area contributed by atoms with Crippen LogP contribution in [-0.2, 0) is 6.54 Å². The quantitative estimate of drug-likeness (QED) is 0.891. The van der Waals surface area contributed by atoms with Crippen molar-refractivity contribution in [3.05, 3.63) is 29.3 Å². The van der Waals surface area contributed by atoms with E-state index in [4.69, 9.17) is 4.74 Å². The van der Waals surface area contributed by atoms with Crippen molar-refractivity contribution in [3.63, 3.8) is 0 Å². The molecule has 0 amide bonds. The monoisotopic (exact) mass is 257 g/mol. The van der Waals surface area contributed by atoms with Crippen molar-refractivity contribution in [1.29, 1.82) is 0 Å². The van der Waals surface area contributed by atoms with Gasteiger partial charge in [-0.2, -0.15) is 0 Å². The standard InChI is InChI=1S/C14H23NO.ClH/c1-11-6-7-12(8-13(11)16-5)9-15-10-14(2,3)4;/h6-8,15H,9-10H2,1-5H3;1H. The fraction of sp³-hybridized carbons (Fsp3) is 0.571. The highest BCUT2D eigenvalue weighted by Gasteiger charge is 2.09. The summed E-state index contributed by atoms with van der Waals surface area (Å²) in [6, 6.07) is 6.35. The van der Waals surface area contributed by atoms with E-state index < -0.39 is 0 Å². The van der Waals surface area contributed by atoms with Gasteiger partial charge in [0.05, 0.1) is 7.11 Å². The molecular weight excluding hydrogens is 234 g/mol. The zero-order chi connectivity index (χ0) is 12.2. The average Bonchev–Trinajstić information content (AvgIpc) is 2.18. The topological polar surface area (TPSA) is 21.3 Å². The van der Waals surface area contributed by atoms with Gasteiger partial charge in [-0.15, -0.1) is 12.4 Å². The first-order chi connectivity index (χ1) is 7.42. The van der Waals surface area contributed by atoms with Crippen molar-refractivity contribution in [1.82, 2.24) is 5.32 Å². The third-order valence-corrected chi connectivity index (χ3v) is 2.46. The van der Waals surface area contributed by atoms with E-state index in [-0.39, 0.29) is 12.4 Å². The molecule has 0 aromatic heterocycles. The summed E-state index contributed by atoms with van der Waals surface area (Å²) < 4.78 is 5.31. The number of hydrogen-bond donors (Lipinski definition) is 1. The Morgan fingerprint density at radius 2 is 1.88 bits per heavy atom. The van der Waals surface area contributed by atoms with Crippen molar-refractivity contribution in [3.8, 4) is 5.75 Å². The minimum atomic E-state index is 0. The van der Waals surface area contributed by atoms with Crippen molar-refractivity contribution < 1.29 is 4.74 Å². The lowest BCUT2D eigenvalue weighted by Crippen LogP contribution is -2.26. The van der Waals surface area contributed by atoms with E-state index in [1.54, 1.807) is 7.11 Å². The van der Waals surface area contributed by atoms with Crippen molar-refractivity contribution in [2.45, 2.75) is 34.2 Å². The Hall–Kier alpha value is -0.730. The van der Waals surface area contributed by atoms with Gasteiger partial charge >= 0.3 is 0 Å². The van der Waals surface area contributed by atoms with Gasteiger partial charge in [0.1, 0.15) is 5.75 Å². The van der Waals surface area contributed by atoms with Crippen LogP contribution >= 0.6 is 12.4 Å². The first kappa shape index (κ1) is 16.3. The van der Waals surface area contributed by atoms with Crippen molar-refractivity contribution >= 4 is 12.4 Å². The summed E-state index contributed by atoms with van der Waals surface area (Å²) in [4.78, 5) is 0. The molecule has 0 atom stereocenters. The van der Waals surface area contributed by atoms with Crippen LogP contribution in [0.5, 0.6) is 5.75 Å². The van der Waals surface area contributed by atoms with E-state index in [1.165, 1.54) is 11.1 Å². The highest BCUT2D eigenvalue weighted by molar-refractivity contribution is 5.85. The third kappa shape index (κ3) is 5.94. The molecule has 98 valence electrons. The zero-order valence-electron chi connectivity index (χ0n) is 11.5. The summed E-state index contributed by atoms with van der Waals surface area (Å²) in [6.45, 7) is 10.7. The number of hydrogen-bond acceptors (Lipinski definition) is 2. The molecule has 0 saturated heterocycles. The van der Waals surface area contributed by atoms with Gasteiger partial charge < -0.3 is 10.1 Å². The SMILES string of the molecule is COc1cc(CNCC(C)(C)C)ccc1C.Cl. The highest BCUT2D eigenvalue weighted by Crippen LogP contribution is 2.19. The second kappa shape index (κ2) is 6.87. The summed E-state index contributed by atoms with van der Waals surface area (Å²) in [6.07, 6.45) is 0. The summed E-state index contributed by atoms with van der Waals surface area (Å²) in [5.41, 5.74) is 2.78. The second-order valence-electron chi connectivity index (χ2n) is 5.47. The Morgan fingerprint density at radius 1 is 1.24 bits per heavy atom. The molecule has 0 aliphatic carbocycles. The lowest BCUT2D eigenvalue weighted by Gasteiger charge is -2.19. The molecule has 3 heteroatoms. The molecule has 0 radical (unpaired) electrons. The maximum Gasteiger partial charge on any atom is 0.122 e. The van der Waals surface area contributed by atoms with E-state index in [0.717, 1.165) is 18.8 Å². The van der Waals surface area contributed by atoms with E-state index in [0.29, 0.717) is 5.41 Å². The highest BCUT2D eigenvalue weighted by atomic mass is 35.5.